The van der Waals surface area contributed by atoms with Crippen LogP contribution in [0.5, 0.6) is 11.9 Å². The molecule has 0 bridgehead atoms. The van der Waals surface area contributed by atoms with Crippen LogP contribution in [0, 0.1) is 0 Å². The summed E-state index contributed by atoms with van der Waals surface area (Å²) < 4.78 is 37.5. The van der Waals surface area contributed by atoms with Gasteiger partial charge in [-0.05, 0) is 42.9 Å². The Bertz CT molecular complexity index is 882. The minimum atomic E-state index is -3.85. The molecule has 1 heterocycles. The summed E-state index contributed by atoms with van der Waals surface area (Å²) in [4.78, 5) is 7.95. The Balaban J connectivity index is 2.09. The molecule has 0 unspecified atom stereocenters. The molecule has 3 N–H and O–H groups in total. The molecular formula is C17H23N5O4S2. The fraction of sp³-hybridized carbons (Fsp3) is 0.353. The quantitative estimate of drug-likeness (QED) is 0.411. The summed E-state index contributed by atoms with van der Waals surface area (Å²) in [5.74, 6) is 0.209. The lowest BCUT2D eigenvalue weighted by atomic mass is 10.3. The third-order valence-electron chi connectivity index (χ3n) is 3.55. The number of methoxy groups -OCH3 is 2. The molecule has 0 amide bonds. The Hall–Kier alpha value is -2.66. The third kappa shape index (κ3) is 6.20. The van der Waals surface area contributed by atoms with E-state index >= 15 is 0 Å². The summed E-state index contributed by atoms with van der Waals surface area (Å²) in [5, 5.41) is 6.58. The number of thiocarbonyl (C=S) groups is 1. The van der Waals surface area contributed by atoms with Crippen molar-refractivity contribution < 1.29 is 17.9 Å². The zero-order valence-corrected chi connectivity index (χ0v) is 17.5. The molecule has 2 aromatic rings. The molecule has 0 saturated carbocycles. The number of nitrogens with one attached hydrogen (secondary N) is 3. The highest BCUT2D eigenvalue weighted by Crippen LogP contribution is 2.21. The monoisotopic (exact) mass is 425 g/mol. The van der Waals surface area contributed by atoms with Crippen molar-refractivity contribution in [1.29, 1.82) is 0 Å². The van der Waals surface area contributed by atoms with Gasteiger partial charge in [0.15, 0.2) is 10.9 Å². The van der Waals surface area contributed by atoms with Crippen molar-refractivity contribution in [3.05, 3.63) is 30.3 Å². The van der Waals surface area contributed by atoms with Crippen LogP contribution in [0.15, 0.2) is 35.2 Å². The first-order valence-corrected chi connectivity index (χ1v) is 10.4. The zero-order valence-electron chi connectivity index (χ0n) is 15.9. The number of sulfonamides is 1. The van der Waals surface area contributed by atoms with Crippen LogP contribution in [0.2, 0.25) is 0 Å². The van der Waals surface area contributed by atoms with Crippen LogP contribution in [0.3, 0.4) is 0 Å². The van der Waals surface area contributed by atoms with Crippen LogP contribution in [-0.2, 0) is 10.0 Å². The Morgan fingerprint density at radius 2 is 1.86 bits per heavy atom. The van der Waals surface area contributed by atoms with E-state index in [2.05, 4.69) is 32.2 Å². The van der Waals surface area contributed by atoms with Gasteiger partial charge < -0.3 is 20.1 Å². The molecule has 9 nitrogen and oxygen atoms in total. The highest BCUT2D eigenvalue weighted by atomic mass is 32.2. The second-order valence-electron chi connectivity index (χ2n) is 5.65. The van der Waals surface area contributed by atoms with E-state index < -0.39 is 10.0 Å². The molecule has 0 atom stereocenters. The topological polar surface area (TPSA) is 114 Å². The molecular weight excluding hydrogens is 402 g/mol. The van der Waals surface area contributed by atoms with Crippen LogP contribution < -0.4 is 24.8 Å². The van der Waals surface area contributed by atoms with Crippen molar-refractivity contribution >= 4 is 38.9 Å². The number of hydrogen-bond donors (Lipinski definition) is 3. The second kappa shape index (κ2) is 10.0. The molecule has 0 aliphatic carbocycles. The molecule has 0 radical (unpaired) electrons. The first-order chi connectivity index (χ1) is 13.4. The highest BCUT2D eigenvalue weighted by Gasteiger charge is 2.17. The number of hydrogen-bond acceptors (Lipinski definition) is 7. The van der Waals surface area contributed by atoms with Crippen molar-refractivity contribution in [2.45, 2.75) is 24.7 Å². The van der Waals surface area contributed by atoms with E-state index in [0.29, 0.717) is 10.8 Å². The lowest BCUT2D eigenvalue weighted by Gasteiger charge is -2.12. The number of anilines is 2. The van der Waals surface area contributed by atoms with Gasteiger partial charge in [0, 0.05) is 18.3 Å². The summed E-state index contributed by atoms with van der Waals surface area (Å²) in [6.45, 7) is 2.88. The normalized spacial score (nSPS) is 10.8. The van der Waals surface area contributed by atoms with Crippen LogP contribution >= 0.6 is 12.2 Å². The first kappa shape index (κ1) is 21.6. The summed E-state index contributed by atoms with van der Waals surface area (Å²) in [7, 11) is -1.07. The molecule has 2 rings (SSSR count). The number of ether oxygens (including phenoxy) is 2. The Labute approximate surface area is 169 Å². The summed E-state index contributed by atoms with van der Waals surface area (Å²) in [6, 6.07) is 7.54. The van der Waals surface area contributed by atoms with Gasteiger partial charge in [-0.3, -0.25) is 4.72 Å². The fourth-order valence-corrected chi connectivity index (χ4v) is 3.33. The lowest BCUT2D eigenvalue weighted by molar-refractivity contribution is 0.353. The van der Waals surface area contributed by atoms with E-state index in [1.54, 1.807) is 12.1 Å². The number of unbranched alkanes of at least 4 members (excludes halogenated alkanes) is 1. The van der Waals surface area contributed by atoms with Crippen LogP contribution in [0.1, 0.15) is 19.8 Å². The van der Waals surface area contributed by atoms with Gasteiger partial charge in [-0.25, -0.2) is 8.42 Å². The van der Waals surface area contributed by atoms with Gasteiger partial charge in [0.25, 0.3) is 10.0 Å². The van der Waals surface area contributed by atoms with Crippen molar-refractivity contribution in [2.24, 2.45) is 0 Å². The van der Waals surface area contributed by atoms with Crippen molar-refractivity contribution in [3.63, 3.8) is 0 Å². The van der Waals surface area contributed by atoms with Gasteiger partial charge in [0.05, 0.1) is 19.1 Å². The van der Waals surface area contributed by atoms with E-state index in [1.165, 1.54) is 32.4 Å². The van der Waals surface area contributed by atoms with Gasteiger partial charge in [-0.15, -0.1) is 0 Å². The van der Waals surface area contributed by atoms with E-state index in [1.807, 2.05) is 0 Å². The number of nitrogens with zero attached hydrogens (tertiary/aromatic N) is 2. The molecule has 152 valence electrons. The maximum atomic E-state index is 12.6. The Morgan fingerprint density at radius 3 is 2.46 bits per heavy atom. The van der Waals surface area contributed by atoms with E-state index in [4.69, 9.17) is 21.7 Å². The van der Waals surface area contributed by atoms with Gasteiger partial charge in [0.2, 0.25) is 5.88 Å². The molecule has 0 aliphatic rings. The molecule has 0 saturated heterocycles. The van der Waals surface area contributed by atoms with Crippen LogP contribution in [0.25, 0.3) is 0 Å². The van der Waals surface area contributed by atoms with Gasteiger partial charge in [0.1, 0.15) is 0 Å². The smallest absolute Gasteiger partial charge is 0.321 e. The molecule has 0 aliphatic heterocycles. The molecule has 0 fully saturated rings. The first-order valence-electron chi connectivity index (χ1n) is 8.52. The van der Waals surface area contributed by atoms with Crippen LogP contribution in [0.4, 0.5) is 11.5 Å². The Kier molecular flexibility index (Phi) is 7.76. The third-order valence-corrected chi connectivity index (χ3v) is 5.17. The molecule has 28 heavy (non-hydrogen) atoms. The van der Waals surface area contributed by atoms with Crippen molar-refractivity contribution in [3.8, 4) is 11.9 Å². The molecule has 0 spiro atoms. The standard InChI is InChI=1S/C17H23N5O4S2/c1-4-5-10-18-17(27)19-12-6-8-13(9-7-12)28(23,24)22-14-11-15(25-2)21-16(20-14)26-3/h6-9,11H,4-5,10H2,1-3H3,(H2,18,19,27)(H,20,21,22). The van der Waals surface area contributed by atoms with E-state index in [9.17, 15) is 8.42 Å². The zero-order chi connectivity index (χ0) is 20.6. The van der Waals surface area contributed by atoms with Crippen molar-refractivity contribution in [2.75, 3.05) is 30.8 Å². The summed E-state index contributed by atoms with van der Waals surface area (Å²) >= 11 is 5.20. The molecule has 1 aromatic heterocycles. The number of aromatic nitrogens is 2. The highest BCUT2D eigenvalue weighted by molar-refractivity contribution is 7.92. The lowest BCUT2D eigenvalue weighted by Crippen LogP contribution is -2.29. The minimum absolute atomic E-state index is 0.0133. The molecule has 11 heteroatoms. The number of rotatable bonds is 9. The minimum Gasteiger partial charge on any atom is -0.481 e. The largest absolute Gasteiger partial charge is 0.481 e. The average molecular weight is 426 g/mol. The van der Waals surface area contributed by atoms with Gasteiger partial charge in [-0.1, -0.05) is 13.3 Å². The number of benzene rings is 1. The predicted molar refractivity (Wildman–Crippen MR) is 112 cm³/mol. The van der Waals surface area contributed by atoms with Crippen LogP contribution in [-0.4, -0.2) is 44.3 Å². The van der Waals surface area contributed by atoms with E-state index in [0.717, 1.165) is 19.4 Å². The Morgan fingerprint density at radius 1 is 1.14 bits per heavy atom. The summed E-state index contributed by atoms with van der Waals surface area (Å²) in [6.07, 6.45) is 2.09. The fourth-order valence-electron chi connectivity index (χ4n) is 2.12. The SMILES string of the molecule is CCCCNC(=S)Nc1ccc(S(=O)(=O)Nc2cc(OC)nc(OC)n2)cc1. The van der Waals surface area contributed by atoms with Crippen molar-refractivity contribution in [1.82, 2.24) is 15.3 Å². The summed E-state index contributed by atoms with van der Waals surface area (Å²) in [5.41, 5.74) is 0.679. The maximum Gasteiger partial charge on any atom is 0.321 e. The second-order valence-corrected chi connectivity index (χ2v) is 7.74. The maximum absolute atomic E-state index is 12.6. The van der Waals surface area contributed by atoms with Gasteiger partial charge in [-0.2, -0.15) is 9.97 Å². The average Bonchev–Trinajstić information content (AvgIpc) is 2.68. The van der Waals surface area contributed by atoms with Gasteiger partial charge >= 0.3 is 6.01 Å². The predicted octanol–water partition coefficient (Wildman–Crippen LogP) is 2.38. The molecule has 1 aromatic carbocycles. The van der Waals surface area contributed by atoms with E-state index in [-0.39, 0.29) is 22.6 Å².